The largest absolute Gasteiger partial charge is 0.517 e. The molecule has 5 nitrogen and oxygen atoms in total. The van der Waals surface area contributed by atoms with Gasteiger partial charge in [-0.05, 0) is 11.6 Å². The lowest BCUT2D eigenvalue weighted by Gasteiger charge is -2.02. The maximum atomic E-state index is 11.3. The van der Waals surface area contributed by atoms with Gasteiger partial charge >= 0.3 is 12.1 Å². The lowest BCUT2D eigenvalue weighted by molar-refractivity contribution is -0.136. The number of fused-ring (bicyclic) bond motifs is 1. The van der Waals surface area contributed by atoms with Gasteiger partial charge in [0.05, 0.1) is 0 Å². The van der Waals surface area contributed by atoms with E-state index in [9.17, 15) is 9.59 Å². The minimum Gasteiger partial charge on any atom is -0.418 e. The zero-order valence-corrected chi connectivity index (χ0v) is 8.80. The van der Waals surface area contributed by atoms with Gasteiger partial charge in [-0.3, -0.25) is 0 Å². The Morgan fingerprint density at radius 3 is 2.82 bits per heavy atom. The number of rotatable bonds is 2. The Labute approximate surface area is 96.3 Å². The predicted molar refractivity (Wildman–Crippen MR) is 58.4 cm³/mol. The van der Waals surface area contributed by atoms with Crippen LogP contribution in [-0.2, 0) is 20.7 Å². The monoisotopic (exact) mass is 231 g/mol. The van der Waals surface area contributed by atoms with Crippen molar-refractivity contribution >= 4 is 23.0 Å². The van der Waals surface area contributed by atoms with Crippen molar-refractivity contribution in [2.75, 3.05) is 0 Å². The Hall–Kier alpha value is -2.30. The molecule has 3 rings (SSSR count). The fourth-order valence-electron chi connectivity index (χ4n) is 1.96. The number of para-hydroxylation sites is 1. The van der Waals surface area contributed by atoms with Gasteiger partial charge in [-0.1, -0.05) is 18.2 Å². The highest BCUT2D eigenvalue weighted by Crippen LogP contribution is 2.22. The lowest BCUT2D eigenvalue weighted by atomic mass is 10.1. The zero-order valence-electron chi connectivity index (χ0n) is 8.80. The molecule has 1 atom stereocenters. The Kier molecular flexibility index (Phi) is 2.11. The minimum absolute atomic E-state index is 0.328. The van der Waals surface area contributed by atoms with Crippen LogP contribution >= 0.6 is 0 Å². The van der Waals surface area contributed by atoms with Gasteiger partial charge in [-0.25, -0.2) is 9.59 Å². The number of hydrogen-bond acceptors (Lipinski definition) is 4. The number of carbonyl (C=O) groups is 2. The van der Waals surface area contributed by atoms with Crippen LogP contribution in [0.5, 0.6) is 0 Å². The normalized spacial score (nSPS) is 19.4. The first kappa shape index (κ1) is 9.89. The number of cyclic esters (lactones) is 3. The molecule has 86 valence electrons. The van der Waals surface area contributed by atoms with Gasteiger partial charge in [-0.15, -0.1) is 0 Å². The average molecular weight is 231 g/mol. The van der Waals surface area contributed by atoms with Gasteiger partial charge in [0.25, 0.3) is 0 Å². The van der Waals surface area contributed by atoms with Crippen LogP contribution in [0, 0.1) is 0 Å². The third-order valence-corrected chi connectivity index (χ3v) is 2.77. The topological polar surface area (TPSA) is 68.4 Å². The third-order valence-electron chi connectivity index (χ3n) is 2.77. The van der Waals surface area contributed by atoms with Crippen LogP contribution < -0.4 is 0 Å². The van der Waals surface area contributed by atoms with Crippen molar-refractivity contribution in [2.45, 2.75) is 12.5 Å². The van der Waals surface area contributed by atoms with E-state index in [1.807, 2.05) is 30.5 Å². The molecule has 1 aromatic heterocycles. The Balaban J connectivity index is 1.90. The first-order chi connectivity index (χ1) is 8.24. The molecule has 2 aromatic rings. The van der Waals surface area contributed by atoms with E-state index in [1.54, 1.807) is 0 Å². The molecule has 5 heteroatoms. The summed E-state index contributed by atoms with van der Waals surface area (Å²) in [6, 6.07) is 7.73. The Morgan fingerprint density at radius 1 is 1.24 bits per heavy atom. The number of aromatic amines is 1. The first-order valence-electron chi connectivity index (χ1n) is 5.21. The molecule has 17 heavy (non-hydrogen) atoms. The van der Waals surface area contributed by atoms with Crippen molar-refractivity contribution in [1.82, 2.24) is 4.98 Å². The number of hydrogen-bond donors (Lipinski definition) is 1. The second-order valence-electron chi connectivity index (χ2n) is 3.84. The Bertz CT molecular complexity index is 601. The van der Waals surface area contributed by atoms with Crippen LogP contribution in [0.15, 0.2) is 30.5 Å². The molecule has 0 amide bonds. The molecule has 0 saturated carbocycles. The molecule has 1 aliphatic heterocycles. The number of aromatic nitrogens is 1. The standard InChI is InChI=1S/C12H9NO4/c14-11-10(16-12(15)17-11)5-7-6-13-9-4-2-1-3-8(7)9/h1-4,6,10,13H,5H2/t10-/m0/s1. The van der Waals surface area contributed by atoms with E-state index in [-0.39, 0.29) is 0 Å². The van der Waals surface area contributed by atoms with Crippen molar-refractivity contribution in [3.63, 3.8) is 0 Å². The second-order valence-corrected chi connectivity index (χ2v) is 3.84. The summed E-state index contributed by atoms with van der Waals surface area (Å²) in [4.78, 5) is 25.1. The van der Waals surface area contributed by atoms with Gasteiger partial charge in [0, 0.05) is 23.5 Å². The third kappa shape index (κ3) is 1.65. The van der Waals surface area contributed by atoms with E-state index in [2.05, 4.69) is 9.72 Å². The van der Waals surface area contributed by atoms with Gasteiger partial charge in [-0.2, -0.15) is 0 Å². The molecular weight excluding hydrogens is 222 g/mol. The Morgan fingerprint density at radius 2 is 2.06 bits per heavy atom. The number of benzene rings is 1. The van der Waals surface area contributed by atoms with Crippen molar-refractivity contribution in [3.05, 3.63) is 36.0 Å². The molecule has 0 unspecified atom stereocenters. The molecule has 1 saturated heterocycles. The minimum atomic E-state index is -0.917. The van der Waals surface area contributed by atoms with Crippen LogP contribution in [-0.4, -0.2) is 23.2 Å². The second kappa shape index (κ2) is 3.62. The highest BCUT2D eigenvalue weighted by molar-refractivity contribution is 5.92. The van der Waals surface area contributed by atoms with Gasteiger partial charge < -0.3 is 14.5 Å². The average Bonchev–Trinajstić information content (AvgIpc) is 2.85. The molecule has 1 N–H and O–H groups in total. The van der Waals surface area contributed by atoms with E-state index in [0.717, 1.165) is 16.5 Å². The summed E-state index contributed by atoms with van der Waals surface area (Å²) in [5.41, 5.74) is 1.91. The molecule has 2 heterocycles. The quantitative estimate of drug-likeness (QED) is 0.631. The molecule has 1 aliphatic rings. The number of esters is 1. The van der Waals surface area contributed by atoms with Crippen molar-refractivity contribution in [2.24, 2.45) is 0 Å². The zero-order chi connectivity index (χ0) is 11.8. The maximum Gasteiger partial charge on any atom is 0.517 e. The summed E-state index contributed by atoms with van der Waals surface area (Å²) in [6.07, 6.45) is 0.389. The first-order valence-corrected chi connectivity index (χ1v) is 5.21. The smallest absolute Gasteiger partial charge is 0.418 e. The SMILES string of the molecule is O=C1OC(=O)[C@H](Cc2c[nH]c3ccccc23)O1. The van der Waals surface area contributed by atoms with E-state index >= 15 is 0 Å². The molecule has 0 bridgehead atoms. The van der Waals surface area contributed by atoms with Crippen LogP contribution in [0.3, 0.4) is 0 Å². The van der Waals surface area contributed by atoms with Crippen molar-refractivity contribution in [1.29, 1.82) is 0 Å². The summed E-state index contributed by atoms with van der Waals surface area (Å²) < 4.78 is 9.10. The highest BCUT2D eigenvalue weighted by Gasteiger charge is 2.35. The highest BCUT2D eigenvalue weighted by atomic mass is 16.8. The molecular formula is C12H9NO4. The number of carbonyl (C=O) groups excluding carboxylic acids is 2. The predicted octanol–water partition coefficient (Wildman–Crippen LogP) is 1.77. The van der Waals surface area contributed by atoms with Crippen LogP contribution in [0.25, 0.3) is 10.9 Å². The summed E-state index contributed by atoms with van der Waals surface area (Å²) >= 11 is 0. The van der Waals surface area contributed by atoms with Crippen molar-refractivity contribution in [3.8, 4) is 0 Å². The lowest BCUT2D eigenvalue weighted by Crippen LogP contribution is -2.18. The van der Waals surface area contributed by atoms with Gasteiger partial charge in [0.15, 0.2) is 0 Å². The summed E-state index contributed by atoms with van der Waals surface area (Å²) in [6.45, 7) is 0. The number of ether oxygens (including phenoxy) is 2. The molecule has 1 fully saturated rings. The molecule has 0 spiro atoms. The molecule has 0 radical (unpaired) electrons. The van der Waals surface area contributed by atoms with Crippen LogP contribution in [0.2, 0.25) is 0 Å². The molecule has 0 aliphatic carbocycles. The van der Waals surface area contributed by atoms with E-state index in [1.165, 1.54) is 0 Å². The van der Waals surface area contributed by atoms with E-state index in [4.69, 9.17) is 4.74 Å². The van der Waals surface area contributed by atoms with Gasteiger partial charge in [0.2, 0.25) is 6.10 Å². The fourth-order valence-corrected chi connectivity index (χ4v) is 1.96. The van der Waals surface area contributed by atoms with Crippen LogP contribution in [0.1, 0.15) is 5.56 Å². The van der Waals surface area contributed by atoms with Gasteiger partial charge in [0.1, 0.15) is 0 Å². The summed E-state index contributed by atoms with van der Waals surface area (Å²) in [5, 5.41) is 1.02. The fraction of sp³-hybridized carbons (Fsp3) is 0.167. The number of H-pyrrole nitrogens is 1. The van der Waals surface area contributed by atoms with E-state index < -0.39 is 18.2 Å². The van der Waals surface area contributed by atoms with Crippen LogP contribution in [0.4, 0.5) is 4.79 Å². The summed E-state index contributed by atoms with van der Waals surface area (Å²) in [7, 11) is 0. The molecule has 1 aromatic carbocycles. The van der Waals surface area contributed by atoms with E-state index in [0.29, 0.717) is 6.42 Å². The number of nitrogens with one attached hydrogen (secondary N) is 1. The van der Waals surface area contributed by atoms with Crippen molar-refractivity contribution < 1.29 is 19.1 Å². The summed E-state index contributed by atoms with van der Waals surface area (Å²) in [5.74, 6) is -0.625. The maximum absolute atomic E-state index is 11.3.